The van der Waals surface area contributed by atoms with Gasteiger partial charge in [-0.3, -0.25) is 4.79 Å². The lowest BCUT2D eigenvalue weighted by Gasteiger charge is -2.18. The van der Waals surface area contributed by atoms with Crippen LogP contribution in [-0.4, -0.2) is 28.9 Å². The molecule has 2 N–H and O–H groups in total. The van der Waals surface area contributed by atoms with Crippen LogP contribution in [0.1, 0.15) is 17.5 Å². The molecule has 1 rings (SSSR count). The molecule has 0 aliphatic rings. The molecule has 1 amide bonds. The largest absolute Gasteiger partial charge is 0.459 e. The quantitative estimate of drug-likeness (QED) is 0.757. The predicted molar refractivity (Wildman–Crippen MR) is 57.1 cm³/mol. The van der Waals surface area contributed by atoms with Crippen molar-refractivity contribution in [2.75, 3.05) is 13.1 Å². The van der Waals surface area contributed by atoms with E-state index in [1.165, 1.54) is 11.2 Å². The van der Waals surface area contributed by atoms with Crippen molar-refractivity contribution in [3.05, 3.63) is 24.2 Å². The van der Waals surface area contributed by atoms with Gasteiger partial charge in [0.05, 0.1) is 17.8 Å². The third kappa shape index (κ3) is 2.56. The predicted octanol–water partition coefficient (Wildman–Crippen LogP) is 1.03. The van der Waals surface area contributed by atoms with Crippen molar-refractivity contribution in [3.63, 3.8) is 0 Å². The first kappa shape index (κ1) is 10.7. The molecule has 0 saturated carbocycles. The van der Waals surface area contributed by atoms with E-state index < -0.39 is 0 Å². The number of rotatable bonds is 4. The monoisotopic (exact) mass is 212 g/mol. The second kappa shape index (κ2) is 4.76. The van der Waals surface area contributed by atoms with Gasteiger partial charge in [-0.15, -0.1) is 0 Å². The highest BCUT2D eigenvalue weighted by Crippen LogP contribution is 2.05. The molecule has 0 fully saturated rings. The van der Waals surface area contributed by atoms with Crippen LogP contribution in [0.15, 0.2) is 22.8 Å². The Labute approximate surface area is 87.7 Å². The minimum absolute atomic E-state index is 0.190. The van der Waals surface area contributed by atoms with E-state index in [0.29, 0.717) is 17.3 Å². The van der Waals surface area contributed by atoms with Crippen LogP contribution in [0.4, 0.5) is 0 Å². The second-order valence-electron chi connectivity index (χ2n) is 2.76. The summed E-state index contributed by atoms with van der Waals surface area (Å²) in [7, 11) is 0. The summed E-state index contributed by atoms with van der Waals surface area (Å²) in [4.78, 5) is 13.5. The van der Waals surface area contributed by atoms with Gasteiger partial charge >= 0.3 is 0 Å². The fourth-order valence-electron chi connectivity index (χ4n) is 1.07. The van der Waals surface area contributed by atoms with Crippen molar-refractivity contribution in [1.82, 2.24) is 4.90 Å². The highest BCUT2D eigenvalue weighted by molar-refractivity contribution is 7.80. The van der Waals surface area contributed by atoms with Gasteiger partial charge in [-0.2, -0.15) is 0 Å². The molecular formula is C9H12N2O2S. The molecule has 1 heterocycles. The summed E-state index contributed by atoms with van der Waals surface area (Å²) < 4.78 is 4.98. The number of nitrogens with two attached hydrogens (primary N) is 1. The van der Waals surface area contributed by atoms with Gasteiger partial charge in [0.2, 0.25) is 0 Å². The highest BCUT2D eigenvalue weighted by Gasteiger charge is 2.16. The first-order chi connectivity index (χ1) is 6.65. The third-order valence-electron chi connectivity index (χ3n) is 1.75. The molecule has 0 aliphatic carbocycles. The van der Waals surface area contributed by atoms with Gasteiger partial charge in [0.15, 0.2) is 5.76 Å². The average Bonchev–Trinajstić information content (AvgIpc) is 2.65. The molecule has 0 saturated heterocycles. The first-order valence-electron chi connectivity index (χ1n) is 4.26. The summed E-state index contributed by atoms with van der Waals surface area (Å²) in [5.41, 5.74) is 5.37. The van der Waals surface area contributed by atoms with E-state index in [1.807, 2.05) is 6.92 Å². The van der Waals surface area contributed by atoms with Gasteiger partial charge < -0.3 is 15.1 Å². The summed E-state index contributed by atoms with van der Waals surface area (Å²) >= 11 is 4.74. The van der Waals surface area contributed by atoms with E-state index in [-0.39, 0.29) is 12.5 Å². The van der Waals surface area contributed by atoms with Gasteiger partial charge in [-0.05, 0) is 19.1 Å². The highest BCUT2D eigenvalue weighted by atomic mass is 32.1. The van der Waals surface area contributed by atoms with Gasteiger partial charge in [-0.1, -0.05) is 12.2 Å². The van der Waals surface area contributed by atoms with Crippen LogP contribution >= 0.6 is 12.2 Å². The standard InChI is InChI=1S/C9H12N2O2S/c1-2-11(6-8(10)14)9(12)7-4-3-5-13-7/h3-5H,2,6H2,1H3,(H2,10,14). The molecular weight excluding hydrogens is 200 g/mol. The summed E-state index contributed by atoms with van der Waals surface area (Å²) in [6.07, 6.45) is 1.46. The second-order valence-corrected chi connectivity index (χ2v) is 3.29. The number of likely N-dealkylation sites (N-methyl/N-ethyl adjacent to an activating group) is 1. The summed E-state index contributed by atoms with van der Waals surface area (Å²) in [5, 5.41) is 0. The number of nitrogens with zero attached hydrogens (tertiary/aromatic N) is 1. The minimum atomic E-state index is -0.190. The van der Waals surface area contributed by atoms with E-state index in [4.69, 9.17) is 22.4 Å². The van der Waals surface area contributed by atoms with Crippen molar-refractivity contribution in [1.29, 1.82) is 0 Å². The molecule has 0 atom stereocenters. The molecule has 76 valence electrons. The van der Waals surface area contributed by atoms with Crippen molar-refractivity contribution in [2.24, 2.45) is 5.73 Å². The fourth-order valence-corrected chi connectivity index (χ4v) is 1.23. The number of hydrogen-bond donors (Lipinski definition) is 1. The van der Waals surface area contributed by atoms with Crippen LogP contribution in [0.3, 0.4) is 0 Å². The fraction of sp³-hybridized carbons (Fsp3) is 0.333. The van der Waals surface area contributed by atoms with Crippen molar-refractivity contribution in [3.8, 4) is 0 Å². The minimum Gasteiger partial charge on any atom is -0.459 e. The van der Waals surface area contributed by atoms with Gasteiger partial charge in [0, 0.05) is 6.54 Å². The zero-order valence-electron chi connectivity index (χ0n) is 7.90. The van der Waals surface area contributed by atoms with E-state index in [0.717, 1.165) is 0 Å². The Kier molecular flexibility index (Phi) is 3.64. The lowest BCUT2D eigenvalue weighted by atomic mass is 10.3. The molecule has 0 bridgehead atoms. The first-order valence-corrected chi connectivity index (χ1v) is 4.67. The lowest BCUT2D eigenvalue weighted by molar-refractivity contribution is 0.0756. The maximum atomic E-state index is 11.7. The van der Waals surface area contributed by atoms with E-state index in [2.05, 4.69) is 0 Å². The van der Waals surface area contributed by atoms with Gasteiger partial charge in [0.25, 0.3) is 5.91 Å². The molecule has 0 unspecified atom stereocenters. The Balaban J connectivity index is 2.70. The Hall–Kier alpha value is -1.36. The normalized spacial score (nSPS) is 9.79. The van der Waals surface area contributed by atoms with Crippen LogP contribution < -0.4 is 5.73 Å². The van der Waals surface area contributed by atoms with E-state index in [1.54, 1.807) is 12.1 Å². The van der Waals surface area contributed by atoms with Gasteiger partial charge in [-0.25, -0.2) is 0 Å². The number of amides is 1. The summed E-state index contributed by atoms with van der Waals surface area (Å²) in [6.45, 7) is 2.70. The van der Waals surface area contributed by atoms with Crippen LogP contribution in [0.5, 0.6) is 0 Å². The van der Waals surface area contributed by atoms with E-state index in [9.17, 15) is 4.79 Å². The average molecular weight is 212 g/mol. The number of carbonyl (C=O) groups excluding carboxylic acids is 1. The molecule has 0 aromatic carbocycles. The zero-order chi connectivity index (χ0) is 10.6. The number of thiocarbonyl (C=S) groups is 1. The molecule has 0 aliphatic heterocycles. The zero-order valence-corrected chi connectivity index (χ0v) is 8.71. The number of furan rings is 1. The molecule has 5 heteroatoms. The molecule has 1 aromatic heterocycles. The topological polar surface area (TPSA) is 59.5 Å². The maximum Gasteiger partial charge on any atom is 0.289 e. The molecule has 4 nitrogen and oxygen atoms in total. The SMILES string of the molecule is CCN(CC(N)=S)C(=O)c1ccco1. The van der Waals surface area contributed by atoms with Crippen molar-refractivity contribution in [2.45, 2.75) is 6.92 Å². The van der Waals surface area contributed by atoms with Crippen molar-refractivity contribution < 1.29 is 9.21 Å². The molecule has 1 aromatic rings. The van der Waals surface area contributed by atoms with Crippen molar-refractivity contribution >= 4 is 23.1 Å². The van der Waals surface area contributed by atoms with Gasteiger partial charge in [0.1, 0.15) is 0 Å². The van der Waals surface area contributed by atoms with Crippen LogP contribution in [0.2, 0.25) is 0 Å². The molecule has 0 radical (unpaired) electrons. The summed E-state index contributed by atoms with van der Waals surface area (Å²) in [6, 6.07) is 3.28. The molecule has 14 heavy (non-hydrogen) atoms. The van der Waals surface area contributed by atoms with E-state index >= 15 is 0 Å². The molecule has 0 spiro atoms. The Morgan fingerprint density at radius 3 is 2.86 bits per heavy atom. The lowest BCUT2D eigenvalue weighted by Crippen LogP contribution is -2.37. The van der Waals surface area contributed by atoms with Crippen LogP contribution in [0.25, 0.3) is 0 Å². The van der Waals surface area contributed by atoms with Crippen LogP contribution in [0, 0.1) is 0 Å². The maximum absolute atomic E-state index is 11.7. The summed E-state index contributed by atoms with van der Waals surface area (Å²) in [5.74, 6) is 0.119. The number of hydrogen-bond acceptors (Lipinski definition) is 3. The Morgan fingerprint density at radius 1 is 1.71 bits per heavy atom. The third-order valence-corrected chi connectivity index (χ3v) is 1.88. The smallest absolute Gasteiger partial charge is 0.289 e. The van der Waals surface area contributed by atoms with Crippen LogP contribution in [-0.2, 0) is 0 Å². The number of carbonyl (C=O) groups is 1. The Bertz CT molecular complexity index is 322. The Morgan fingerprint density at radius 2 is 2.43 bits per heavy atom.